The Balaban J connectivity index is 1.50. The van der Waals surface area contributed by atoms with Crippen molar-refractivity contribution in [2.45, 2.75) is 31.0 Å². The molecule has 0 bridgehead atoms. The van der Waals surface area contributed by atoms with Gasteiger partial charge in [-0.3, -0.25) is 10.7 Å². The second-order valence-electron chi connectivity index (χ2n) is 7.53. The number of amidine groups is 1. The number of hydrogen-bond donors (Lipinski definition) is 3. The first-order chi connectivity index (χ1) is 15.5. The minimum absolute atomic E-state index is 0.00520. The van der Waals surface area contributed by atoms with E-state index >= 15 is 0 Å². The maximum atomic E-state index is 13.5. The second kappa shape index (κ2) is 8.51. The minimum Gasteiger partial charge on any atom is -0.362 e. The molecule has 2 heterocycles. The molecule has 11 nitrogen and oxygen atoms in total. The third kappa shape index (κ3) is 5.07. The average Bonchev–Trinajstić information content (AvgIpc) is 3.27. The fourth-order valence-corrected chi connectivity index (χ4v) is 4.46. The molecule has 1 saturated carbocycles. The van der Waals surface area contributed by atoms with Gasteiger partial charge in [0.15, 0.2) is 11.5 Å². The molecule has 2 aromatic rings. The highest BCUT2D eigenvalue weighted by atomic mass is 32.2. The number of halogens is 4. The van der Waals surface area contributed by atoms with Crippen molar-refractivity contribution in [3.63, 3.8) is 0 Å². The van der Waals surface area contributed by atoms with Gasteiger partial charge in [0, 0.05) is 19.6 Å². The number of alkyl halides is 3. The number of aromatic nitrogens is 2. The Morgan fingerprint density at radius 2 is 2.03 bits per heavy atom. The lowest BCUT2D eigenvalue weighted by atomic mass is 10.2. The van der Waals surface area contributed by atoms with Gasteiger partial charge in [-0.05, 0) is 47.8 Å². The monoisotopic (exact) mass is 494 g/mol. The first kappa shape index (κ1) is 23.3. The summed E-state index contributed by atoms with van der Waals surface area (Å²) in [5.41, 5.74) is -1.39. The van der Waals surface area contributed by atoms with Crippen molar-refractivity contribution in [3.8, 4) is 0 Å². The van der Waals surface area contributed by atoms with Crippen LogP contribution in [0.5, 0.6) is 0 Å². The van der Waals surface area contributed by atoms with E-state index in [-0.39, 0.29) is 23.7 Å². The Bertz CT molecular complexity index is 1160. The molecule has 33 heavy (non-hydrogen) atoms. The van der Waals surface area contributed by atoms with Crippen LogP contribution in [0.15, 0.2) is 27.8 Å². The minimum atomic E-state index is -4.94. The molecule has 1 saturated heterocycles. The molecule has 1 aromatic carbocycles. The van der Waals surface area contributed by atoms with E-state index in [0.29, 0.717) is 38.1 Å². The van der Waals surface area contributed by atoms with Crippen molar-refractivity contribution in [2.24, 2.45) is 4.99 Å². The van der Waals surface area contributed by atoms with Crippen LogP contribution >= 0.6 is 0 Å². The Hall–Kier alpha value is -2.82. The normalized spacial score (nSPS) is 18.6. The van der Waals surface area contributed by atoms with E-state index in [4.69, 9.17) is 4.18 Å². The summed E-state index contributed by atoms with van der Waals surface area (Å²) in [6.07, 6.45) is -3.26. The quantitative estimate of drug-likeness (QED) is 0.218. The van der Waals surface area contributed by atoms with Crippen molar-refractivity contribution >= 4 is 27.6 Å². The molecular formula is C17H18F4N6O5S. The van der Waals surface area contributed by atoms with E-state index in [1.165, 1.54) is 4.31 Å². The van der Waals surface area contributed by atoms with Gasteiger partial charge in [0.25, 0.3) is 0 Å². The van der Waals surface area contributed by atoms with Crippen LogP contribution < -0.4 is 10.8 Å². The summed E-state index contributed by atoms with van der Waals surface area (Å²) in [7, 11) is -3.87. The first-order valence-electron chi connectivity index (χ1n) is 9.66. The van der Waals surface area contributed by atoms with Crippen LogP contribution in [0.2, 0.25) is 0 Å². The lowest BCUT2D eigenvalue weighted by Gasteiger charge is -2.30. The van der Waals surface area contributed by atoms with Gasteiger partial charge in [0.1, 0.15) is 11.4 Å². The number of hydroxylamine groups is 1. The van der Waals surface area contributed by atoms with Crippen molar-refractivity contribution in [3.05, 3.63) is 35.3 Å². The smallest absolute Gasteiger partial charge is 0.362 e. The van der Waals surface area contributed by atoms with Crippen molar-refractivity contribution in [1.82, 2.24) is 20.1 Å². The number of nitrogens with zero attached hydrogens (tertiary/aromatic N) is 4. The van der Waals surface area contributed by atoms with Gasteiger partial charge in [0.05, 0.1) is 11.3 Å². The fraction of sp³-hybridized carbons (Fsp3) is 0.471. The van der Waals surface area contributed by atoms with Gasteiger partial charge < -0.3 is 5.32 Å². The molecule has 180 valence electrons. The van der Waals surface area contributed by atoms with E-state index in [0.717, 1.165) is 12.5 Å². The maximum Gasteiger partial charge on any atom is 0.419 e. The summed E-state index contributed by atoms with van der Waals surface area (Å²) in [6, 6.07) is 2.01. The summed E-state index contributed by atoms with van der Waals surface area (Å²) < 4.78 is 88.0. The number of anilines is 1. The fourth-order valence-electron chi connectivity index (χ4n) is 2.98. The van der Waals surface area contributed by atoms with E-state index in [9.17, 15) is 31.2 Å². The van der Waals surface area contributed by atoms with E-state index < -0.39 is 39.3 Å². The van der Waals surface area contributed by atoms with Crippen LogP contribution in [0.25, 0.3) is 0 Å². The molecule has 0 unspecified atom stereocenters. The molecule has 0 atom stereocenters. The van der Waals surface area contributed by atoms with Crippen LogP contribution in [-0.2, 0) is 20.7 Å². The van der Waals surface area contributed by atoms with E-state index in [2.05, 4.69) is 25.3 Å². The molecule has 1 aromatic heterocycles. The van der Waals surface area contributed by atoms with Crippen molar-refractivity contribution < 1.29 is 40.0 Å². The lowest BCUT2D eigenvalue weighted by molar-refractivity contribution is -0.139. The molecule has 0 spiro atoms. The highest BCUT2D eigenvalue weighted by molar-refractivity contribution is 7.84. The molecular weight excluding hydrogens is 476 g/mol. The molecule has 3 N–H and O–H groups in total. The summed E-state index contributed by atoms with van der Waals surface area (Å²) in [4.78, 5) is 3.81. The van der Waals surface area contributed by atoms with Crippen LogP contribution in [0.1, 0.15) is 30.5 Å². The van der Waals surface area contributed by atoms with E-state index in [1.807, 2.05) is 0 Å². The highest BCUT2D eigenvalue weighted by Gasteiger charge is 2.50. The Kier molecular flexibility index (Phi) is 6.02. The van der Waals surface area contributed by atoms with Crippen LogP contribution in [0.4, 0.5) is 29.1 Å². The molecule has 0 radical (unpaired) electrons. The zero-order chi connectivity index (χ0) is 23.9. The summed E-state index contributed by atoms with van der Waals surface area (Å²) in [6.45, 7) is 0.782. The topological polar surface area (TPSA) is 142 Å². The van der Waals surface area contributed by atoms with Crippen molar-refractivity contribution in [1.29, 1.82) is 0 Å². The molecule has 0 amide bonds. The van der Waals surface area contributed by atoms with Gasteiger partial charge >= 0.3 is 16.5 Å². The third-order valence-corrected chi connectivity index (χ3v) is 6.68. The molecule has 1 aliphatic carbocycles. The SMILES string of the molecule is O=S(=O)(OC1(CNc2nonc2C(=Nc2ccc(F)c(C(F)(F)F)c2)NO)CC1)N1CCC1. The largest absolute Gasteiger partial charge is 0.419 e. The van der Waals surface area contributed by atoms with Crippen LogP contribution in [0, 0.1) is 5.82 Å². The summed E-state index contributed by atoms with van der Waals surface area (Å²) in [5.74, 6) is -2.00. The Morgan fingerprint density at radius 1 is 1.30 bits per heavy atom. The zero-order valence-corrected chi connectivity index (χ0v) is 17.6. The van der Waals surface area contributed by atoms with Gasteiger partial charge in [-0.25, -0.2) is 18.2 Å². The maximum absolute atomic E-state index is 13.5. The van der Waals surface area contributed by atoms with Gasteiger partial charge in [-0.2, -0.15) is 25.9 Å². The third-order valence-electron chi connectivity index (χ3n) is 5.11. The zero-order valence-electron chi connectivity index (χ0n) is 16.8. The molecule has 1 aliphatic heterocycles. The summed E-state index contributed by atoms with van der Waals surface area (Å²) >= 11 is 0. The average molecular weight is 494 g/mol. The number of aliphatic imine (C=N–C) groups is 1. The summed E-state index contributed by atoms with van der Waals surface area (Å²) in [5, 5.41) is 19.4. The standard InChI is InChI=1S/C17H18F4N6O5S/c18-12-3-2-10(8-11(12)17(19,20)21)23-15(24-28)13-14(26-32-25-13)22-9-16(4-5-16)31-33(29,30)27-6-1-7-27/h2-3,8,28H,1,4-7,9H2,(H,22,26)(H,23,24). The first-order valence-corrected chi connectivity index (χ1v) is 11.0. The Morgan fingerprint density at radius 3 is 2.61 bits per heavy atom. The number of rotatable bonds is 8. The molecule has 2 fully saturated rings. The van der Waals surface area contributed by atoms with Crippen molar-refractivity contribution in [2.75, 3.05) is 25.0 Å². The van der Waals surface area contributed by atoms with Gasteiger partial charge in [0.2, 0.25) is 5.82 Å². The van der Waals surface area contributed by atoms with Crippen LogP contribution in [0.3, 0.4) is 0 Å². The predicted molar refractivity (Wildman–Crippen MR) is 103 cm³/mol. The molecule has 4 rings (SSSR count). The number of nitrogens with one attached hydrogen (secondary N) is 2. The second-order valence-corrected chi connectivity index (χ2v) is 9.06. The van der Waals surface area contributed by atoms with Gasteiger partial charge in [-0.15, -0.1) is 0 Å². The molecule has 2 aliphatic rings. The highest BCUT2D eigenvalue weighted by Crippen LogP contribution is 2.42. The van der Waals surface area contributed by atoms with Crippen LogP contribution in [-0.4, -0.2) is 59.3 Å². The number of benzene rings is 1. The molecule has 16 heteroatoms. The lowest BCUT2D eigenvalue weighted by Crippen LogP contribution is -2.45. The van der Waals surface area contributed by atoms with E-state index in [1.54, 1.807) is 5.48 Å². The number of hydrogen-bond acceptors (Lipinski definition) is 9. The van der Waals surface area contributed by atoms with Gasteiger partial charge in [-0.1, -0.05) is 0 Å². The predicted octanol–water partition coefficient (Wildman–Crippen LogP) is 2.20. The Labute approximate surface area is 184 Å².